The number of hydrogen-bond donors (Lipinski definition) is 1. The zero-order valence-electron chi connectivity index (χ0n) is 6.46. The van der Waals surface area contributed by atoms with E-state index in [-0.39, 0.29) is 15.2 Å². The van der Waals surface area contributed by atoms with E-state index in [0.717, 1.165) is 5.28 Å². The number of hydrogen-bond acceptors (Lipinski definition) is 1. The summed E-state index contributed by atoms with van der Waals surface area (Å²) in [7, 11) is 0. The summed E-state index contributed by atoms with van der Waals surface area (Å²) in [5.41, 5.74) is 0. The van der Waals surface area contributed by atoms with E-state index in [0.29, 0.717) is 5.75 Å². The van der Waals surface area contributed by atoms with Crippen molar-refractivity contribution in [2.24, 2.45) is 0 Å². The molecule has 1 rings (SSSR count). The van der Waals surface area contributed by atoms with Gasteiger partial charge in [0, 0.05) is 0 Å². The fourth-order valence-electron chi connectivity index (χ4n) is 0.931. The average molecular weight is 162 g/mol. The van der Waals surface area contributed by atoms with E-state index in [1.165, 1.54) is 4.43 Å². The molecule has 56 valence electrons. The molecule has 0 atom stereocenters. The van der Waals surface area contributed by atoms with E-state index < -0.39 is 0 Å². The lowest BCUT2D eigenvalue weighted by molar-refractivity contribution is 0.475. The van der Waals surface area contributed by atoms with Crippen LogP contribution < -0.4 is 4.43 Å². The molecule has 0 aromatic heterocycles. The van der Waals surface area contributed by atoms with Crippen LogP contribution in [0.25, 0.3) is 0 Å². The second-order valence-electron chi connectivity index (χ2n) is 2.49. The van der Waals surface area contributed by atoms with Crippen molar-refractivity contribution in [1.82, 2.24) is 0 Å². The third-order valence-corrected chi connectivity index (χ3v) is 3.32. The minimum atomic E-state index is -0.157. The zero-order chi connectivity index (χ0) is 8.10. The minimum Gasteiger partial charge on any atom is -0.508 e. The standard InChI is InChI=1S/C6H5O.C3H5.Al.H/c7-6-4-2-1-3-5-6;1-3-2;;/h2-5,7H;3H,1-2H2;;. The highest BCUT2D eigenvalue weighted by atomic mass is 27.1. The molecule has 0 bridgehead atoms. The summed E-state index contributed by atoms with van der Waals surface area (Å²) in [4.78, 5) is 0. The Morgan fingerprint density at radius 3 is 2.55 bits per heavy atom. The number of benzene rings is 1. The molecule has 11 heavy (non-hydrogen) atoms. The van der Waals surface area contributed by atoms with Gasteiger partial charge < -0.3 is 5.11 Å². The van der Waals surface area contributed by atoms with E-state index in [1.54, 1.807) is 12.1 Å². The Bertz CT molecular complexity index is 228. The number of allylic oxidation sites excluding steroid dienone is 1. The van der Waals surface area contributed by atoms with E-state index in [4.69, 9.17) is 5.11 Å². The van der Waals surface area contributed by atoms with Gasteiger partial charge in [0.1, 0.15) is 5.75 Å². The van der Waals surface area contributed by atoms with Crippen molar-refractivity contribution in [3.05, 3.63) is 36.9 Å². The van der Waals surface area contributed by atoms with Crippen LogP contribution in [-0.2, 0) is 0 Å². The topological polar surface area (TPSA) is 20.2 Å². The first-order valence-electron chi connectivity index (χ1n) is 3.72. The molecule has 0 aliphatic heterocycles. The first-order chi connectivity index (χ1) is 5.33. The van der Waals surface area contributed by atoms with Gasteiger partial charge >= 0.3 is 0 Å². The molecule has 0 spiro atoms. The first-order valence-corrected chi connectivity index (χ1v) is 5.42. The molecule has 2 heteroatoms. The molecule has 0 amide bonds. The molecular formula is C9H11AlO. The van der Waals surface area contributed by atoms with Gasteiger partial charge in [-0.1, -0.05) is 17.4 Å². The Morgan fingerprint density at radius 2 is 2.00 bits per heavy atom. The quantitative estimate of drug-likeness (QED) is 0.520. The monoisotopic (exact) mass is 162 g/mol. The molecule has 0 saturated carbocycles. The van der Waals surface area contributed by atoms with Gasteiger partial charge in [-0.2, -0.15) is 0 Å². The van der Waals surface area contributed by atoms with Crippen molar-refractivity contribution < 1.29 is 5.11 Å². The molecule has 1 aromatic carbocycles. The van der Waals surface area contributed by atoms with Crippen LogP contribution in [0.5, 0.6) is 5.75 Å². The van der Waals surface area contributed by atoms with Gasteiger partial charge in [-0.05, 0) is 12.1 Å². The summed E-state index contributed by atoms with van der Waals surface area (Å²) >= 11 is -0.157. The van der Waals surface area contributed by atoms with Gasteiger partial charge in [-0.15, -0.1) is 17.1 Å². The highest BCUT2D eigenvalue weighted by molar-refractivity contribution is 6.53. The lowest BCUT2D eigenvalue weighted by Gasteiger charge is -1.95. The largest absolute Gasteiger partial charge is 0.508 e. The summed E-state index contributed by atoms with van der Waals surface area (Å²) in [6.07, 6.45) is 1.96. The van der Waals surface area contributed by atoms with Crippen molar-refractivity contribution in [2.45, 2.75) is 5.28 Å². The predicted molar refractivity (Wildman–Crippen MR) is 49.9 cm³/mol. The van der Waals surface area contributed by atoms with Gasteiger partial charge in [0.15, 0.2) is 0 Å². The Hall–Kier alpha value is -0.708. The molecule has 1 nitrogen and oxygen atoms in total. The van der Waals surface area contributed by atoms with Crippen molar-refractivity contribution in [1.29, 1.82) is 0 Å². The maximum Gasteiger partial charge on any atom is 0.286 e. The van der Waals surface area contributed by atoms with Crippen LogP contribution in [0.4, 0.5) is 0 Å². The fourth-order valence-corrected chi connectivity index (χ4v) is 2.04. The number of phenols is 1. The van der Waals surface area contributed by atoms with E-state index in [9.17, 15) is 0 Å². The van der Waals surface area contributed by atoms with Gasteiger partial charge in [-0.3, -0.25) is 0 Å². The molecule has 0 fully saturated rings. The van der Waals surface area contributed by atoms with Gasteiger partial charge in [0.2, 0.25) is 0 Å². The molecular weight excluding hydrogens is 151 g/mol. The normalized spacial score (nSPS) is 9.09. The zero-order valence-corrected chi connectivity index (χ0v) is 7.87. The summed E-state index contributed by atoms with van der Waals surface area (Å²) in [5.74, 6) is 0.348. The SMILES string of the molecule is C=C[CH2][AlH][c]1ccc(O)cc1. The number of phenolic OH excluding ortho intramolecular Hbond substituents is 1. The summed E-state index contributed by atoms with van der Waals surface area (Å²) in [6, 6.07) is 7.47. The van der Waals surface area contributed by atoms with Crippen LogP contribution in [0.1, 0.15) is 0 Å². The van der Waals surface area contributed by atoms with Crippen molar-refractivity contribution in [2.75, 3.05) is 0 Å². The van der Waals surface area contributed by atoms with Gasteiger partial charge in [0.05, 0.1) is 0 Å². The molecule has 0 heterocycles. The third-order valence-electron chi connectivity index (χ3n) is 1.57. The highest BCUT2D eigenvalue weighted by Crippen LogP contribution is 2.02. The van der Waals surface area contributed by atoms with E-state index in [1.807, 2.05) is 18.2 Å². The van der Waals surface area contributed by atoms with Crippen LogP contribution in [0, 0.1) is 0 Å². The van der Waals surface area contributed by atoms with Gasteiger partial charge in [-0.25, -0.2) is 0 Å². The summed E-state index contributed by atoms with van der Waals surface area (Å²) in [6.45, 7) is 3.68. The lowest BCUT2D eigenvalue weighted by Crippen LogP contribution is -2.11. The predicted octanol–water partition coefficient (Wildman–Crippen LogP) is 1.06. The van der Waals surface area contributed by atoms with Crippen LogP contribution >= 0.6 is 0 Å². The van der Waals surface area contributed by atoms with E-state index in [2.05, 4.69) is 6.58 Å². The second kappa shape index (κ2) is 4.23. The summed E-state index contributed by atoms with van der Waals surface area (Å²) in [5, 5.41) is 10.1. The maximum absolute atomic E-state index is 8.98. The Morgan fingerprint density at radius 1 is 1.36 bits per heavy atom. The van der Waals surface area contributed by atoms with Gasteiger partial charge in [0.25, 0.3) is 15.2 Å². The van der Waals surface area contributed by atoms with Crippen LogP contribution in [0.3, 0.4) is 0 Å². The lowest BCUT2D eigenvalue weighted by atomic mass is 10.3. The summed E-state index contributed by atoms with van der Waals surface area (Å²) < 4.78 is 1.38. The number of rotatable bonds is 3. The molecule has 0 unspecified atom stereocenters. The van der Waals surface area contributed by atoms with Crippen LogP contribution in [-0.4, -0.2) is 20.3 Å². The molecule has 0 radical (unpaired) electrons. The maximum atomic E-state index is 8.98. The molecule has 0 aliphatic carbocycles. The average Bonchev–Trinajstić information content (AvgIpc) is 2.04. The van der Waals surface area contributed by atoms with Crippen LogP contribution in [0.15, 0.2) is 36.9 Å². The Labute approximate surface area is 73.1 Å². The van der Waals surface area contributed by atoms with E-state index >= 15 is 0 Å². The molecule has 1 N–H and O–H groups in total. The Balaban J connectivity index is 2.58. The van der Waals surface area contributed by atoms with Crippen molar-refractivity contribution >= 4 is 19.6 Å². The first kappa shape index (κ1) is 8.39. The second-order valence-corrected chi connectivity index (χ2v) is 4.39. The molecule has 0 aliphatic rings. The van der Waals surface area contributed by atoms with Crippen molar-refractivity contribution in [3.8, 4) is 5.75 Å². The molecule has 1 aromatic rings. The van der Waals surface area contributed by atoms with Crippen LogP contribution in [0.2, 0.25) is 5.28 Å². The fraction of sp³-hybridized carbons (Fsp3) is 0.111. The highest BCUT2D eigenvalue weighted by Gasteiger charge is 1.94. The van der Waals surface area contributed by atoms with Crippen molar-refractivity contribution in [3.63, 3.8) is 0 Å². The number of aromatic hydroxyl groups is 1. The minimum absolute atomic E-state index is 0.157. The smallest absolute Gasteiger partial charge is 0.286 e. The third kappa shape index (κ3) is 2.80. The molecule has 0 saturated heterocycles. The Kier molecular flexibility index (Phi) is 3.23.